The van der Waals surface area contributed by atoms with Crippen molar-refractivity contribution in [2.24, 2.45) is 0 Å². The van der Waals surface area contributed by atoms with E-state index in [0.717, 1.165) is 12.1 Å². The van der Waals surface area contributed by atoms with Gasteiger partial charge in [0.2, 0.25) is 0 Å². The number of halogens is 5. The zero-order valence-electron chi connectivity index (χ0n) is 10.4. The fourth-order valence-corrected chi connectivity index (χ4v) is 2.50. The van der Waals surface area contributed by atoms with Gasteiger partial charge in [0.1, 0.15) is 0 Å². The van der Waals surface area contributed by atoms with Crippen LogP contribution in [0.4, 0.5) is 14.5 Å². The van der Waals surface area contributed by atoms with Crippen LogP contribution in [0.3, 0.4) is 0 Å². The standard InChI is InChI=1S/C14H10Cl3F2N/c1-7(9-3-4-10(15)14(17)13(9)16)20-8-2-5-11(18)12(19)6-8/h2-7,20H,1H3. The Morgan fingerprint density at radius 1 is 0.950 bits per heavy atom. The molecule has 1 atom stereocenters. The summed E-state index contributed by atoms with van der Waals surface area (Å²) in [6.45, 7) is 1.83. The molecular formula is C14H10Cl3F2N. The topological polar surface area (TPSA) is 12.0 Å². The average Bonchev–Trinajstić information content (AvgIpc) is 2.40. The Labute approximate surface area is 130 Å². The van der Waals surface area contributed by atoms with Crippen molar-refractivity contribution >= 4 is 40.5 Å². The van der Waals surface area contributed by atoms with Crippen LogP contribution in [0, 0.1) is 11.6 Å². The highest BCUT2D eigenvalue weighted by atomic mass is 35.5. The molecule has 0 bridgehead atoms. The summed E-state index contributed by atoms with van der Waals surface area (Å²) >= 11 is 18.0. The van der Waals surface area contributed by atoms with E-state index in [1.165, 1.54) is 6.07 Å². The van der Waals surface area contributed by atoms with Crippen LogP contribution in [0.2, 0.25) is 15.1 Å². The maximum Gasteiger partial charge on any atom is 0.160 e. The van der Waals surface area contributed by atoms with Gasteiger partial charge >= 0.3 is 0 Å². The monoisotopic (exact) mass is 335 g/mol. The van der Waals surface area contributed by atoms with E-state index in [0.29, 0.717) is 21.3 Å². The second-order valence-electron chi connectivity index (χ2n) is 4.26. The third-order valence-electron chi connectivity index (χ3n) is 2.83. The first-order chi connectivity index (χ1) is 9.40. The van der Waals surface area contributed by atoms with Gasteiger partial charge in [0.15, 0.2) is 11.6 Å². The Hall–Kier alpha value is -1.03. The van der Waals surface area contributed by atoms with Crippen molar-refractivity contribution in [3.8, 4) is 0 Å². The van der Waals surface area contributed by atoms with Gasteiger partial charge in [0, 0.05) is 11.8 Å². The fourth-order valence-electron chi connectivity index (χ4n) is 1.79. The van der Waals surface area contributed by atoms with E-state index < -0.39 is 11.6 Å². The van der Waals surface area contributed by atoms with Crippen LogP contribution in [-0.2, 0) is 0 Å². The molecule has 6 heteroatoms. The van der Waals surface area contributed by atoms with Gasteiger partial charge < -0.3 is 5.32 Å². The van der Waals surface area contributed by atoms with Gasteiger partial charge in [-0.05, 0) is 30.7 Å². The predicted octanol–water partition coefficient (Wildman–Crippen LogP) is 6.10. The first-order valence-electron chi connectivity index (χ1n) is 5.75. The van der Waals surface area contributed by atoms with Crippen molar-refractivity contribution in [3.05, 3.63) is 62.6 Å². The summed E-state index contributed by atoms with van der Waals surface area (Å²) in [6.07, 6.45) is 0. The number of nitrogens with one attached hydrogen (secondary N) is 1. The molecule has 0 aliphatic carbocycles. The summed E-state index contributed by atoms with van der Waals surface area (Å²) in [5.74, 6) is -1.81. The Balaban J connectivity index is 2.26. The third kappa shape index (κ3) is 3.17. The molecule has 0 saturated carbocycles. The highest BCUT2D eigenvalue weighted by Gasteiger charge is 2.15. The lowest BCUT2D eigenvalue weighted by atomic mass is 10.1. The van der Waals surface area contributed by atoms with Gasteiger partial charge in [-0.25, -0.2) is 8.78 Å². The molecule has 1 N–H and O–H groups in total. The van der Waals surface area contributed by atoms with Crippen LogP contribution in [0.1, 0.15) is 18.5 Å². The quantitative estimate of drug-likeness (QED) is 0.668. The van der Waals surface area contributed by atoms with Crippen molar-refractivity contribution in [1.82, 2.24) is 0 Å². The summed E-state index contributed by atoms with van der Waals surface area (Å²) in [7, 11) is 0. The molecule has 2 aromatic rings. The van der Waals surface area contributed by atoms with Crippen LogP contribution in [-0.4, -0.2) is 0 Å². The van der Waals surface area contributed by atoms with Crippen molar-refractivity contribution in [3.63, 3.8) is 0 Å². The normalized spacial score (nSPS) is 12.3. The predicted molar refractivity (Wildman–Crippen MR) is 79.9 cm³/mol. The number of hydrogen-bond acceptors (Lipinski definition) is 1. The van der Waals surface area contributed by atoms with Crippen LogP contribution >= 0.6 is 34.8 Å². The molecule has 0 amide bonds. The van der Waals surface area contributed by atoms with Gasteiger partial charge in [0.25, 0.3) is 0 Å². The van der Waals surface area contributed by atoms with Gasteiger partial charge in [-0.2, -0.15) is 0 Å². The molecule has 0 radical (unpaired) electrons. The molecule has 0 spiro atoms. The van der Waals surface area contributed by atoms with Crippen LogP contribution in [0.5, 0.6) is 0 Å². The van der Waals surface area contributed by atoms with E-state index in [4.69, 9.17) is 34.8 Å². The molecule has 106 valence electrons. The molecule has 2 rings (SSSR count). The minimum Gasteiger partial charge on any atom is -0.378 e. The summed E-state index contributed by atoms with van der Waals surface area (Å²) in [4.78, 5) is 0. The van der Waals surface area contributed by atoms with Gasteiger partial charge in [0.05, 0.1) is 21.1 Å². The SMILES string of the molecule is CC(Nc1ccc(F)c(F)c1)c1ccc(Cl)c(Cl)c1Cl. The number of anilines is 1. The van der Waals surface area contributed by atoms with E-state index >= 15 is 0 Å². The van der Waals surface area contributed by atoms with Crippen LogP contribution in [0.15, 0.2) is 30.3 Å². The zero-order valence-corrected chi connectivity index (χ0v) is 12.6. The largest absolute Gasteiger partial charge is 0.378 e. The van der Waals surface area contributed by atoms with Gasteiger partial charge in [-0.3, -0.25) is 0 Å². The fraction of sp³-hybridized carbons (Fsp3) is 0.143. The van der Waals surface area contributed by atoms with E-state index in [1.807, 2.05) is 6.92 Å². The summed E-state index contributed by atoms with van der Waals surface area (Å²) in [5, 5.41) is 3.99. The highest BCUT2D eigenvalue weighted by molar-refractivity contribution is 6.48. The van der Waals surface area contributed by atoms with E-state index in [-0.39, 0.29) is 11.1 Å². The Bertz CT molecular complexity index is 647. The Morgan fingerprint density at radius 2 is 1.65 bits per heavy atom. The summed E-state index contributed by atoms with van der Waals surface area (Å²) in [5.41, 5.74) is 1.16. The third-order valence-corrected chi connectivity index (χ3v) is 4.14. The smallest absolute Gasteiger partial charge is 0.160 e. The summed E-state index contributed by atoms with van der Waals surface area (Å²) in [6, 6.07) is 6.70. The molecule has 20 heavy (non-hydrogen) atoms. The zero-order chi connectivity index (χ0) is 14.9. The van der Waals surface area contributed by atoms with Gasteiger partial charge in [-0.1, -0.05) is 40.9 Å². The highest BCUT2D eigenvalue weighted by Crippen LogP contribution is 2.36. The lowest BCUT2D eigenvalue weighted by molar-refractivity contribution is 0.509. The molecule has 0 aliphatic heterocycles. The van der Waals surface area contributed by atoms with Gasteiger partial charge in [-0.15, -0.1) is 0 Å². The molecule has 0 heterocycles. The minimum atomic E-state index is -0.914. The lowest BCUT2D eigenvalue weighted by Gasteiger charge is -2.18. The van der Waals surface area contributed by atoms with E-state index in [2.05, 4.69) is 5.32 Å². The minimum absolute atomic E-state index is 0.248. The number of hydrogen-bond donors (Lipinski definition) is 1. The van der Waals surface area contributed by atoms with Crippen LogP contribution < -0.4 is 5.32 Å². The molecule has 0 fully saturated rings. The molecule has 0 aliphatic rings. The second-order valence-corrected chi connectivity index (χ2v) is 5.42. The number of rotatable bonds is 3. The Morgan fingerprint density at radius 3 is 2.30 bits per heavy atom. The lowest BCUT2D eigenvalue weighted by Crippen LogP contribution is -2.08. The van der Waals surface area contributed by atoms with Crippen molar-refractivity contribution in [1.29, 1.82) is 0 Å². The van der Waals surface area contributed by atoms with Crippen LogP contribution in [0.25, 0.3) is 0 Å². The van der Waals surface area contributed by atoms with E-state index in [9.17, 15) is 8.78 Å². The maximum absolute atomic E-state index is 13.1. The average molecular weight is 337 g/mol. The summed E-state index contributed by atoms with van der Waals surface area (Å²) < 4.78 is 26.0. The van der Waals surface area contributed by atoms with Crippen molar-refractivity contribution < 1.29 is 8.78 Å². The van der Waals surface area contributed by atoms with Crippen molar-refractivity contribution in [2.45, 2.75) is 13.0 Å². The maximum atomic E-state index is 13.1. The first kappa shape index (κ1) is 15.4. The molecule has 2 aromatic carbocycles. The molecular weight excluding hydrogens is 327 g/mol. The molecule has 0 saturated heterocycles. The van der Waals surface area contributed by atoms with E-state index in [1.54, 1.807) is 12.1 Å². The second kappa shape index (κ2) is 6.17. The molecule has 1 nitrogen and oxygen atoms in total. The Kier molecular flexibility index (Phi) is 4.74. The number of benzene rings is 2. The molecule has 1 unspecified atom stereocenters. The van der Waals surface area contributed by atoms with Crippen molar-refractivity contribution in [2.75, 3.05) is 5.32 Å². The first-order valence-corrected chi connectivity index (χ1v) is 6.88. The molecule has 0 aromatic heterocycles.